The van der Waals surface area contributed by atoms with Crippen LogP contribution in [0.25, 0.3) is 32.3 Å². The summed E-state index contributed by atoms with van der Waals surface area (Å²) in [5.41, 5.74) is 0. The van der Waals surface area contributed by atoms with Gasteiger partial charge in [0, 0.05) is 10.3 Å². The third kappa shape index (κ3) is 1.55. The Morgan fingerprint density at radius 2 is 1.16 bits per heavy atom. The Morgan fingerprint density at radius 3 is 2.00 bits per heavy atom. The summed E-state index contributed by atoms with van der Waals surface area (Å²) < 4.78 is 0. The van der Waals surface area contributed by atoms with E-state index in [1.807, 2.05) is 0 Å². The fraction of sp³-hybridized carbons (Fsp3) is 0. The average molecular weight is 260 g/mol. The molecule has 0 aromatic heterocycles. The van der Waals surface area contributed by atoms with Crippen LogP contribution in [0.5, 0.6) is 0 Å². The smallest absolute Gasteiger partial charge is 0.0125 e. The summed E-state index contributed by atoms with van der Waals surface area (Å²) in [6, 6.07) is 23.5. The zero-order chi connectivity index (χ0) is 12.8. The van der Waals surface area contributed by atoms with Crippen molar-refractivity contribution in [1.29, 1.82) is 0 Å². The molecule has 0 saturated heterocycles. The number of benzene rings is 4. The standard InChI is InChI=1S/C18H12S/c19-16-7-3-5-13-10-11-14-9-8-12-4-1-2-6-15(12)17(14)18(13)16/h1-11,19H. The molecule has 0 bridgehead atoms. The van der Waals surface area contributed by atoms with Gasteiger partial charge < -0.3 is 0 Å². The molecule has 0 atom stereocenters. The minimum Gasteiger partial charge on any atom is -0.143 e. The number of fused-ring (bicyclic) bond motifs is 5. The Bertz CT molecular complexity index is 917. The molecule has 4 aromatic rings. The van der Waals surface area contributed by atoms with Gasteiger partial charge in [-0.3, -0.25) is 0 Å². The van der Waals surface area contributed by atoms with E-state index < -0.39 is 0 Å². The second kappa shape index (κ2) is 4.01. The van der Waals surface area contributed by atoms with Gasteiger partial charge in [0.05, 0.1) is 0 Å². The van der Waals surface area contributed by atoms with E-state index in [0.29, 0.717) is 0 Å². The molecular formula is C18H12S. The van der Waals surface area contributed by atoms with Gasteiger partial charge in [0.15, 0.2) is 0 Å². The van der Waals surface area contributed by atoms with Crippen LogP contribution >= 0.6 is 12.6 Å². The first kappa shape index (κ1) is 10.9. The van der Waals surface area contributed by atoms with Crippen molar-refractivity contribution in [2.45, 2.75) is 4.90 Å². The highest BCUT2D eigenvalue weighted by atomic mass is 32.1. The molecule has 0 aliphatic heterocycles. The van der Waals surface area contributed by atoms with E-state index in [2.05, 4.69) is 79.4 Å². The van der Waals surface area contributed by atoms with Crippen molar-refractivity contribution >= 4 is 44.9 Å². The topological polar surface area (TPSA) is 0 Å². The predicted molar refractivity (Wildman–Crippen MR) is 86.2 cm³/mol. The van der Waals surface area contributed by atoms with Crippen molar-refractivity contribution in [3.05, 3.63) is 66.7 Å². The fourth-order valence-electron chi connectivity index (χ4n) is 2.85. The third-order valence-corrected chi connectivity index (χ3v) is 4.10. The van der Waals surface area contributed by atoms with Crippen molar-refractivity contribution in [2.75, 3.05) is 0 Å². The first-order valence-electron chi connectivity index (χ1n) is 6.37. The summed E-state index contributed by atoms with van der Waals surface area (Å²) in [5, 5.41) is 7.65. The molecule has 0 nitrogen and oxygen atoms in total. The van der Waals surface area contributed by atoms with Gasteiger partial charge >= 0.3 is 0 Å². The summed E-state index contributed by atoms with van der Waals surface area (Å²) >= 11 is 4.65. The number of rotatable bonds is 0. The zero-order valence-corrected chi connectivity index (χ0v) is 11.2. The molecule has 0 N–H and O–H groups in total. The van der Waals surface area contributed by atoms with E-state index >= 15 is 0 Å². The highest BCUT2D eigenvalue weighted by Gasteiger charge is 2.06. The van der Waals surface area contributed by atoms with Crippen LogP contribution in [0.1, 0.15) is 0 Å². The normalized spacial score (nSPS) is 11.4. The molecule has 0 aliphatic carbocycles. The highest BCUT2D eigenvalue weighted by Crippen LogP contribution is 2.35. The van der Waals surface area contributed by atoms with Gasteiger partial charge in [-0.15, -0.1) is 12.6 Å². The Balaban J connectivity index is 2.40. The summed E-state index contributed by atoms with van der Waals surface area (Å²) in [7, 11) is 0. The molecule has 4 rings (SSSR count). The van der Waals surface area contributed by atoms with Crippen molar-refractivity contribution < 1.29 is 0 Å². The van der Waals surface area contributed by atoms with Gasteiger partial charge in [-0.25, -0.2) is 0 Å². The van der Waals surface area contributed by atoms with Crippen LogP contribution in [0.4, 0.5) is 0 Å². The first-order chi connectivity index (χ1) is 9.34. The minimum atomic E-state index is 1.04. The molecule has 0 fully saturated rings. The Morgan fingerprint density at radius 1 is 0.526 bits per heavy atom. The lowest BCUT2D eigenvalue weighted by atomic mass is 9.96. The third-order valence-electron chi connectivity index (χ3n) is 3.73. The first-order valence-corrected chi connectivity index (χ1v) is 6.81. The lowest BCUT2D eigenvalue weighted by Gasteiger charge is -2.09. The van der Waals surface area contributed by atoms with Crippen LogP contribution in [-0.4, -0.2) is 0 Å². The summed E-state index contributed by atoms with van der Waals surface area (Å²) in [5.74, 6) is 0. The molecule has 0 saturated carbocycles. The van der Waals surface area contributed by atoms with E-state index in [9.17, 15) is 0 Å². The van der Waals surface area contributed by atoms with Crippen LogP contribution in [0.2, 0.25) is 0 Å². The summed E-state index contributed by atoms with van der Waals surface area (Å²) in [6.45, 7) is 0. The minimum absolute atomic E-state index is 1.04. The van der Waals surface area contributed by atoms with E-state index in [1.165, 1.54) is 32.3 Å². The highest BCUT2D eigenvalue weighted by molar-refractivity contribution is 7.80. The van der Waals surface area contributed by atoms with Gasteiger partial charge in [-0.2, -0.15) is 0 Å². The molecule has 1 heteroatoms. The van der Waals surface area contributed by atoms with Crippen LogP contribution in [0.15, 0.2) is 71.6 Å². The molecule has 0 aliphatic rings. The zero-order valence-electron chi connectivity index (χ0n) is 10.3. The Labute approximate surface area is 117 Å². The second-order valence-corrected chi connectivity index (χ2v) is 5.31. The van der Waals surface area contributed by atoms with Gasteiger partial charge in [-0.1, -0.05) is 60.7 Å². The van der Waals surface area contributed by atoms with Crippen LogP contribution in [0.3, 0.4) is 0 Å². The number of thiol groups is 1. The maximum Gasteiger partial charge on any atom is 0.0125 e. The van der Waals surface area contributed by atoms with E-state index in [-0.39, 0.29) is 0 Å². The Hall–Kier alpha value is -1.99. The van der Waals surface area contributed by atoms with Gasteiger partial charge in [0.2, 0.25) is 0 Å². The molecule has 0 radical (unpaired) electrons. The summed E-state index contributed by atoms with van der Waals surface area (Å²) in [6.07, 6.45) is 0. The summed E-state index contributed by atoms with van der Waals surface area (Å²) in [4.78, 5) is 1.04. The van der Waals surface area contributed by atoms with Crippen LogP contribution in [0, 0.1) is 0 Å². The fourth-order valence-corrected chi connectivity index (χ4v) is 3.18. The molecule has 0 unspecified atom stereocenters. The van der Waals surface area contributed by atoms with Gasteiger partial charge in [-0.05, 0) is 33.0 Å². The average Bonchev–Trinajstić information content (AvgIpc) is 2.47. The van der Waals surface area contributed by atoms with Gasteiger partial charge in [0.25, 0.3) is 0 Å². The second-order valence-electron chi connectivity index (χ2n) is 4.83. The quantitative estimate of drug-likeness (QED) is 0.316. The molecular weight excluding hydrogens is 248 g/mol. The Kier molecular flexibility index (Phi) is 2.30. The molecule has 0 heterocycles. The van der Waals surface area contributed by atoms with Crippen molar-refractivity contribution in [2.24, 2.45) is 0 Å². The van der Waals surface area contributed by atoms with Crippen molar-refractivity contribution in [1.82, 2.24) is 0 Å². The maximum absolute atomic E-state index is 4.65. The molecule has 4 aromatic carbocycles. The lowest BCUT2D eigenvalue weighted by Crippen LogP contribution is -1.82. The van der Waals surface area contributed by atoms with Crippen molar-refractivity contribution in [3.8, 4) is 0 Å². The van der Waals surface area contributed by atoms with Gasteiger partial charge in [0.1, 0.15) is 0 Å². The number of hydrogen-bond acceptors (Lipinski definition) is 1. The van der Waals surface area contributed by atoms with Crippen molar-refractivity contribution in [3.63, 3.8) is 0 Å². The van der Waals surface area contributed by atoms with Crippen LogP contribution in [-0.2, 0) is 0 Å². The van der Waals surface area contributed by atoms with E-state index in [1.54, 1.807) is 0 Å². The number of hydrogen-bond donors (Lipinski definition) is 1. The van der Waals surface area contributed by atoms with Crippen LogP contribution < -0.4 is 0 Å². The predicted octanol–water partition coefficient (Wildman–Crippen LogP) is 5.43. The molecule has 90 valence electrons. The lowest BCUT2D eigenvalue weighted by molar-refractivity contribution is 1.58. The maximum atomic E-state index is 4.65. The molecule has 19 heavy (non-hydrogen) atoms. The largest absolute Gasteiger partial charge is 0.143 e. The molecule has 0 amide bonds. The monoisotopic (exact) mass is 260 g/mol. The molecule has 0 spiro atoms. The van der Waals surface area contributed by atoms with E-state index in [0.717, 1.165) is 4.90 Å². The van der Waals surface area contributed by atoms with E-state index in [4.69, 9.17) is 0 Å². The SMILES string of the molecule is Sc1cccc2ccc3ccc4ccccc4c3c12.